The Morgan fingerprint density at radius 1 is 1.19 bits per heavy atom. The Bertz CT molecular complexity index is 557. The molecule has 2 rings (SSSR count). The summed E-state index contributed by atoms with van der Waals surface area (Å²) in [5.74, 6) is -1.00. The van der Waals surface area contributed by atoms with E-state index in [4.69, 9.17) is 28.3 Å². The van der Waals surface area contributed by atoms with E-state index in [2.05, 4.69) is 0 Å². The summed E-state index contributed by atoms with van der Waals surface area (Å²) in [4.78, 5) is 26.9. The zero-order valence-corrected chi connectivity index (χ0v) is 13.1. The number of hydrogen-bond acceptors (Lipinski definition) is 3. The Hall–Kier alpha value is -1.30. The largest absolute Gasteiger partial charge is 0.480 e. The number of hydrogen-bond donors (Lipinski definition) is 1. The van der Waals surface area contributed by atoms with Crippen molar-refractivity contribution in [2.45, 2.75) is 13.0 Å². The van der Waals surface area contributed by atoms with Gasteiger partial charge in [0.15, 0.2) is 0 Å². The first-order chi connectivity index (χ1) is 9.90. The second kappa shape index (κ2) is 6.64. The van der Waals surface area contributed by atoms with E-state index in [0.29, 0.717) is 41.8 Å². The summed E-state index contributed by atoms with van der Waals surface area (Å²) in [6, 6.07) is 4.24. The van der Waals surface area contributed by atoms with Crippen LogP contribution in [0.4, 0.5) is 0 Å². The van der Waals surface area contributed by atoms with E-state index in [-0.39, 0.29) is 5.91 Å². The fourth-order valence-corrected chi connectivity index (χ4v) is 2.79. The molecule has 7 heteroatoms. The highest BCUT2D eigenvalue weighted by Gasteiger charge is 2.28. The number of nitrogens with zero attached hydrogens (tertiary/aromatic N) is 2. The fraction of sp³-hybridized carbons (Fsp3) is 0.429. The number of rotatable bonds is 3. The van der Waals surface area contributed by atoms with E-state index in [9.17, 15) is 9.59 Å². The van der Waals surface area contributed by atoms with Crippen molar-refractivity contribution in [2.24, 2.45) is 0 Å². The second-order valence-corrected chi connectivity index (χ2v) is 5.81. The van der Waals surface area contributed by atoms with Crippen LogP contribution in [0.3, 0.4) is 0 Å². The minimum Gasteiger partial charge on any atom is -0.480 e. The van der Waals surface area contributed by atoms with Crippen LogP contribution in [0.1, 0.15) is 17.3 Å². The molecule has 1 amide bonds. The Balaban J connectivity index is 2.02. The third-order valence-electron chi connectivity index (χ3n) is 3.67. The van der Waals surface area contributed by atoms with Crippen molar-refractivity contribution in [3.63, 3.8) is 0 Å². The van der Waals surface area contributed by atoms with Crippen LogP contribution in [0.2, 0.25) is 10.0 Å². The zero-order chi connectivity index (χ0) is 15.6. The molecule has 1 aliphatic heterocycles. The molecule has 1 aromatic carbocycles. The molecule has 1 aliphatic rings. The van der Waals surface area contributed by atoms with Gasteiger partial charge in [-0.15, -0.1) is 0 Å². The molecule has 0 spiro atoms. The minimum atomic E-state index is -0.851. The summed E-state index contributed by atoms with van der Waals surface area (Å²) < 4.78 is 0. The van der Waals surface area contributed by atoms with Gasteiger partial charge in [0, 0.05) is 31.2 Å². The van der Waals surface area contributed by atoms with E-state index in [1.807, 2.05) is 4.90 Å². The van der Waals surface area contributed by atoms with Crippen molar-refractivity contribution >= 4 is 35.1 Å². The van der Waals surface area contributed by atoms with Gasteiger partial charge in [-0.2, -0.15) is 0 Å². The highest BCUT2D eigenvalue weighted by atomic mass is 35.5. The van der Waals surface area contributed by atoms with Crippen molar-refractivity contribution in [2.75, 3.05) is 26.2 Å². The van der Waals surface area contributed by atoms with Crippen LogP contribution >= 0.6 is 23.2 Å². The van der Waals surface area contributed by atoms with Crippen molar-refractivity contribution in [3.8, 4) is 0 Å². The first-order valence-electron chi connectivity index (χ1n) is 6.61. The number of carboxylic acids is 1. The maximum absolute atomic E-state index is 12.4. The average Bonchev–Trinajstić information content (AvgIpc) is 2.46. The van der Waals surface area contributed by atoms with Crippen LogP contribution in [-0.2, 0) is 4.79 Å². The van der Waals surface area contributed by atoms with Gasteiger partial charge in [0.05, 0.1) is 10.6 Å². The third kappa shape index (κ3) is 3.67. The maximum Gasteiger partial charge on any atom is 0.320 e. The second-order valence-electron chi connectivity index (χ2n) is 4.97. The summed E-state index contributed by atoms with van der Waals surface area (Å²) in [6.07, 6.45) is 0. The van der Waals surface area contributed by atoms with E-state index >= 15 is 0 Å². The monoisotopic (exact) mass is 330 g/mol. The molecule has 1 heterocycles. The molecule has 114 valence electrons. The van der Waals surface area contributed by atoms with Gasteiger partial charge >= 0.3 is 5.97 Å². The predicted molar refractivity (Wildman–Crippen MR) is 81.0 cm³/mol. The predicted octanol–water partition coefficient (Wildman–Crippen LogP) is 2.22. The number of amides is 1. The normalized spacial score (nSPS) is 17.6. The van der Waals surface area contributed by atoms with Crippen LogP contribution in [0.25, 0.3) is 0 Å². The molecule has 0 bridgehead atoms. The number of carboxylic acid groups (broad SMARTS) is 1. The highest BCUT2D eigenvalue weighted by Crippen LogP contribution is 2.23. The quantitative estimate of drug-likeness (QED) is 0.923. The molecule has 0 saturated carbocycles. The van der Waals surface area contributed by atoms with Gasteiger partial charge in [0.2, 0.25) is 0 Å². The number of carbonyl (C=O) groups is 2. The summed E-state index contributed by atoms with van der Waals surface area (Å²) in [5, 5.41) is 9.81. The van der Waals surface area contributed by atoms with Gasteiger partial charge in [-0.25, -0.2) is 0 Å². The maximum atomic E-state index is 12.4. The molecular weight excluding hydrogens is 315 g/mol. The lowest BCUT2D eigenvalue weighted by Crippen LogP contribution is -2.53. The van der Waals surface area contributed by atoms with E-state index in [1.165, 1.54) is 0 Å². The van der Waals surface area contributed by atoms with Crippen molar-refractivity contribution < 1.29 is 14.7 Å². The van der Waals surface area contributed by atoms with Crippen LogP contribution in [0, 0.1) is 0 Å². The Morgan fingerprint density at radius 3 is 2.33 bits per heavy atom. The summed E-state index contributed by atoms with van der Waals surface area (Å²) >= 11 is 11.9. The molecule has 0 radical (unpaired) electrons. The molecule has 21 heavy (non-hydrogen) atoms. The number of piperazine rings is 1. The van der Waals surface area contributed by atoms with Crippen LogP contribution in [0.5, 0.6) is 0 Å². The highest BCUT2D eigenvalue weighted by molar-refractivity contribution is 6.36. The van der Waals surface area contributed by atoms with Gasteiger partial charge in [0.1, 0.15) is 6.04 Å². The topological polar surface area (TPSA) is 60.9 Å². The van der Waals surface area contributed by atoms with Gasteiger partial charge in [0.25, 0.3) is 5.91 Å². The molecule has 0 aromatic heterocycles. The van der Waals surface area contributed by atoms with Crippen LogP contribution in [0.15, 0.2) is 18.2 Å². The molecule has 1 saturated heterocycles. The molecule has 1 fully saturated rings. The van der Waals surface area contributed by atoms with Crippen LogP contribution < -0.4 is 0 Å². The molecule has 1 atom stereocenters. The van der Waals surface area contributed by atoms with Gasteiger partial charge in [-0.3, -0.25) is 14.5 Å². The van der Waals surface area contributed by atoms with Gasteiger partial charge in [-0.05, 0) is 25.1 Å². The Morgan fingerprint density at radius 2 is 1.81 bits per heavy atom. The van der Waals surface area contributed by atoms with E-state index < -0.39 is 12.0 Å². The number of benzene rings is 1. The lowest BCUT2D eigenvalue weighted by atomic mass is 10.1. The first-order valence-corrected chi connectivity index (χ1v) is 7.37. The fourth-order valence-electron chi connectivity index (χ4n) is 2.30. The Labute approximate surface area is 133 Å². The van der Waals surface area contributed by atoms with Crippen molar-refractivity contribution in [1.29, 1.82) is 0 Å². The van der Waals surface area contributed by atoms with E-state index in [0.717, 1.165) is 0 Å². The summed E-state index contributed by atoms with van der Waals surface area (Å²) in [6.45, 7) is 3.68. The molecule has 1 N–H and O–H groups in total. The number of aliphatic carboxylic acids is 1. The molecule has 5 nitrogen and oxygen atoms in total. The van der Waals surface area contributed by atoms with E-state index in [1.54, 1.807) is 30.0 Å². The number of halogens is 2. The SMILES string of the molecule is C[C@H](C(=O)O)N1CCN(C(=O)c2ccc(Cl)cc2Cl)CC1. The van der Waals surface area contributed by atoms with Crippen LogP contribution in [-0.4, -0.2) is 59.0 Å². The Kier molecular flexibility index (Phi) is 5.08. The lowest BCUT2D eigenvalue weighted by molar-refractivity contribution is -0.143. The van der Waals surface area contributed by atoms with Crippen molar-refractivity contribution in [1.82, 2.24) is 9.80 Å². The summed E-state index contributed by atoms with van der Waals surface area (Å²) in [5.41, 5.74) is 0.417. The average molecular weight is 331 g/mol. The van der Waals surface area contributed by atoms with Gasteiger partial charge in [-0.1, -0.05) is 23.2 Å². The third-order valence-corrected chi connectivity index (χ3v) is 4.22. The molecule has 1 aromatic rings. The first kappa shape index (κ1) is 16.1. The lowest BCUT2D eigenvalue weighted by Gasteiger charge is -2.36. The molecule has 0 aliphatic carbocycles. The van der Waals surface area contributed by atoms with Gasteiger partial charge < -0.3 is 10.0 Å². The van der Waals surface area contributed by atoms with Crippen molar-refractivity contribution in [3.05, 3.63) is 33.8 Å². The molecule has 0 unspecified atom stereocenters. The summed E-state index contributed by atoms with van der Waals surface area (Å²) in [7, 11) is 0. The smallest absolute Gasteiger partial charge is 0.320 e. The standard InChI is InChI=1S/C14H16Cl2N2O3/c1-9(14(20)21)17-4-6-18(7-5-17)13(19)11-3-2-10(15)8-12(11)16/h2-3,8-9H,4-7H2,1H3,(H,20,21)/t9-/m1/s1. The zero-order valence-electron chi connectivity index (χ0n) is 11.6. The number of carbonyl (C=O) groups excluding carboxylic acids is 1. The minimum absolute atomic E-state index is 0.153. The molecular formula is C14H16Cl2N2O3.